The van der Waals surface area contributed by atoms with Gasteiger partial charge in [-0.05, 0) is 25.0 Å². The molecule has 1 amide bonds. The quantitative estimate of drug-likeness (QED) is 0.756. The Morgan fingerprint density at radius 1 is 1.21 bits per heavy atom. The van der Waals surface area contributed by atoms with Crippen molar-refractivity contribution < 1.29 is 4.79 Å². The van der Waals surface area contributed by atoms with E-state index in [0.29, 0.717) is 6.42 Å². The van der Waals surface area contributed by atoms with Crippen LogP contribution >= 0.6 is 0 Å². The molecular weight excluding hydrogens is 236 g/mol. The molecule has 0 atom stereocenters. The summed E-state index contributed by atoms with van der Waals surface area (Å²) in [6.45, 7) is 4.06. The molecule has 0 bridgehead atoms. The molecule has 0 spiro atoms. The van der Waals surface area contributed by atoms with Crippen LogP contribution in [0.4, 0.5) is 11.4 Å². The van der Waals surface area contributed by atoms with Gasteiger partial charge in [-0.15, -0.1) is 0 Å². The Morgan fingerprint density at radius 3 is 2.79 bits per heavy atom. The number of carbonyl (C=O) groups excluding carboxylic acids is 1. The number of unbranched alkanes of at least 4 members (excludes halogenated alkanes) is 3. The van der Waals surface area contributed by atoms with Gasteiger partial charge < -0.3 is 10.2 Å². The van der Waals surface area contributed by atoms with Gasteiger partial charge in [0.25, 0.3) is 0 Å². The maximum absolute atomic E-state index is 11.8. The standard InChI is InChI=1S/C16H24N2O/c1-2-3-4-7-12-17-14-9-5-6-10-15(14)18-13-8-11-16(18)19/h5-6,9-10,17H,2-4,7-8,11-13H2,1H3. The first kappa shape index (κ1) is 13.9. The molecule has 3 nitrogen and oxygen atoms in total. The minimum atomic E-state index is 0.250. The zero-order chi connectivity index (χ0) is 13.5. The predicted octanol–water partition coefficient (Wildman–Crippen LogP) is 3.81. The molecule has 0 radical (unpaired) electrons. The fourth-order valence-corrected chi connectivity index (χ4v) is 2.54. The molecule has 1 aromatic rings. The first-order valence-corrected chi connectivity index (χ1v) is 7.46. The third kappa shape index (κ3) is 3.72. The van der Waals surface area contributed by atoms with Crippen molar-refractivity contribution in [3.63, 3.8) is 0 Å². The molecule has 0 aliphatic carbocycles. The largest absolute Gasteiger partial charge is 0.383 e. The van der Waals surface area contributed by atoms with E-state index in [9.17, 15) is 4.79 Å². The van der Waals surface area contributed by atoms with E-state index in [1.54, 1.807) is 0 Å². The summed E-state index contributed by atoms with van der Waals surface area (Å²) < 4.78 is 0. The smallest absolute Gasteiger partial charge is 0.227 e. The number of anilines is 2. The minimum absolute atomic E-state index is 0.250. The molecule has 0 aromatic heterocycles. The molecule has 0 saturated carbocycles. The van der Waals surface area contributed by atoms with Gasteiger partial charge in [-0.25, -0.2) is 0 Å². The highest BCUT2D eigenvalue weighted by Crippen LogP contribution is 2.29. The van der Waals surface area contributed by atoms with Crippen molar-refractivity contribution >= 4 is 17.3 Å². The molecule has 19 heavy (non-hydrogen) atoms. The highest BCUT2D eigenvalue weighted by Gasteiger charge is 2.23. The van der Waals surface area contributed by atoms with Crippen LogP contribution in [0.3, 0.4) is 0 Å². The van der Waals surface area contributed by atoms with E-state index in [0.717, 1.165) is 30.9 Å². The molecule has 1 heterocycles. The lowest BCUT2D eigenvalue weighted by Gasteiger charge is -2.20. The number of benzene rings is 1. The Bertz CT molecular complexity index is 417. The normalized spacial score (nSPS) is 15.0. The average Bonchev–Trinajstić information content (AvgIpc) is 2.85. The second-order valence-electron chi connectivity index (χ2n) is 5.15. The number of carbonyl (C=O) groups is 1. The topological polar surface area (TPSA) is 32.3 Å². The van der Waals surface area contributed by atoms with Gasteiger partial charge in [-0.1, -0.05) is 38.3 Å². The van der Waals surface area contributed by atoms with Crippen molar-refractivity contribution in [3.05, 3.63) is 24.3 Å². The van der Waals surface area contributed by atoms with E-state index >= 15 is 0 Å². The van der Waals surface area contributed by atoms with Crippen LogP contribution < -0.4 is 10.2 Å². The Kier molecular flexibility index (Phi) is 5.25. The van der Waals surface area contributed by atoms with Gasteiger partial charge in [-0.3, -0.25) is 4.79 Å². The number of hydrogen-bond acceptors (Lipinski definition) is 2. The van der Waals surface area contributed by atoms with Crippen molar-refractivity contribution in [2.45, 2.75) is 45.4 Å². The Hall–Kier alpha value is -1.51. The SMILES string of the molecule is CCCCCCNc1ccccc1N1CCCC1=O. The molecule has 1 saturated heterocycles. The van der Waals surface area contributed by atoms with E-state index in [1.165, 1.54) is 25.7 Å². The molecule has 3 heteroatoms. The van der Waals surface area contributed by atoms with E-state index in [4.69, 9.17) is 0 Å². The van der Waals surface area contributed by atoms with Crippen LogP contribution in [-0.4, -0.2) is 19.0 Å². The first-order valence-electron chi connectivity index (χ1n) is 7.46. The lowest BCUT2D eigenvalue weighted by Crippen LogP contribution is -2.24. The summed E-state index contributed by atoms with van der Waals surface area (Å²) in [4.78, 5) is 13.8. The Balaban J connectivity index is 1.94. The van der Waals surface area contributed by atoms with Crippen molar-refractivity contribution in [3.8, 4) is 0 Å². The van der Waals surface area contributed by atoms with Crippen LogP contribution in [0, 0.1) is 0 Å². The number of nitrogens with zero attached hydrogens (tertiary/aromatic N) is 1. The molecular formula is C16H24N2O. The second-order valence-corrected chi connectivity index (χ2v) is 5.15. The van der Waals surface area contributed by atoms with Crippen LogP contribution in [0.25, 0.3) is 0 Å². The molecule has 0 unspecified atom stereocenters. The second kappa shape index (κ2) is 7.17. The monoisotopic (exact) mass is 260 g/mol. The van der Waals surface area contributed by atoms with Crippen molar-refractivity contribution in [2.24, 2.45) is 0 Å². The summed E-state index contributed by atoms with van der Waals surface area (Å²) in [6.07, 6.45) is 6.69. The van der Waals surface area contributed by atoms with Gasteiger partial charge in [0.15, 0.2) is 0 Å². The molecule has 1 fully saturated rings. The summed E-state index contributed by atoms with van der Waals surface area (Å²) in [7, 11) is 0. The summed E-state index contributed by atoms with van der Waals surface area (Å²) in [5, 5.41) is 3.48. The van der Waals surface area contributed by atoms with Crippen LogP contribution in [0.1, 0.15) is 45.4 Å². The number of amides is 1. The number of rotatable bonds is 7. The van der Waals surface area contributed by atoms with Gasteiger partial charge in [0, 0.05) is 19.5 Å². The summed E-state index contributed by atoms with van der Waals surface area (Å²) in [5.41, 5.74) is 2.13. The summed E-state index contributed by atoms with van der Waals surface area (Å²) >= 11 is 0. The van der Waals surface area contributed by atoms with E-state index in [-0.39, 0.29) is 5.91 Å². The molecule has 1 aliphatic rings. The summed E-state index contributed by atoms with van der Waals surface area (Å²) in [6, 6.07) is 8.14. The van der Waals surface area contributed by atoms with Crippen LogP contribution in [0.5, 0.6) is 0 Å². The number of para-hydroxylation sites is 2. The maximum Gasteiger partial charge on any atom is 0.227 e. The molecule has 104 valence electrons. The third-order valence-corrected chi connectivity index (χ3v) is 3.61. The van der Waals surface area contributed by atoms with Crippen LogP contribution in [0.15, 0.2) is 24.3 Å². The van der Waals surface area contributed by atoms with Crippen LogP contribution in [0.2, 0.25) is 0 Å². The Labute approximate surface area is 116 Å². The van der Waals surface area contributed by atoms with Gasteiger partial charge in [0.1, 0.15) is 0 Å². The maximum atomic E-state index is 11.8. The van der Waals surface area contributed by atoms with Gasteiger partial charge >= 0.3 is 0 Å². The molecule has 1 aromatic carbocycles. The third-order valence-electron chi connectivity index (χ3n) is 3.61. The first-order chi connectivity index (χ1) is 9.33. The van der Waals surface area contributed by atoms with Gasteiger partial charge in [-0.2, -0.15) is 0 Å². The zero-order valence-corrected chi connectivity index (χ0v) is 11.8. The lowest BCUT2D eigenvalue weighted by atomic mass is 10.2. The van der Waals surface area contributed by atoms with E-state index < -0.39 is 0 Å². The van der Waals surface area contributed by atoms with Crippen LogP contribution in [-0.2, 0) is 4.79 Å². The highest BCUT2D eigenvalue weighted by molar-refractivity contribution is 5.98. The van der Waals surface area contributed by atoms with Crippen molar-refractivity contribution in [2.75, 3.05) is 23.3 Å². The van der Waals surface area contributed by atoms with Gasteiger partial charge in [0.2, 0.25) is 5.91 Å². The van der Waals surface area contributed by atoms with Crippen molar-refractivity contribution in [1.82, 2.24) is 0 Å². The predicted molar refractivity (Wildman–Crippen MR) is 80.7 cm³/mol. The average molecular weight is 260 g/mol. The molecule has 1 N–H and O–H groups in total. The summed E-state index contributed by atoms with van der Waals surface area (Å²) in [5.74, 6) is 0.250. The van der Waals surface area contributed by atoms with E-state index in [1.807, 2.05) is 23.1 Å². The Morgan fingerprint density at radius 2 is 2.05 bits per heavy atom. The minimum Gasteiger partial charge on any atom is -0.383 e. The molecule has 2 rings (SSSR count). The molecule has 1 aliphatic heterocycles. The zero-order valence-electron chi connectivity index (χ0n) is 11.8. The van der Waals surface area contributed by atoms with E-state index in [2.05, 4.69) is 18.3 Å². The van der Waals surface area contributed by atoms with Crippen molar-refractivity contribution in [1.29, 1.82) is 0 Å². The van der Waals surface area contributed by atoms with Gasteiger partial charge in [0.05, 0.1) is 11.4 Å². The fourth-order valence-electron chi connectivity index (χ4n) is 2.54. The lowest BCUT2D eigenvalue weighted by molar-refractivity contribution is -0.117. The fraction of sp³-hybridized carbons (Fsp3) is 0.562. The number of hydrogen-bond donors (Lipinski definition) is 1. The highest BCUT2D eigenvalue weighted by atomic mass is 16.2. The number of nitrogens with one attached hydrogen (secondary N) is 1.